The van der Waals surface area contributed by atoms with E-state index in [1.165, 1.54) is 0 Å². The largest absolute Gasteiger partial charge is 0.507 e. The van der Waals surface area contributed by atoms with Gasteiger partial charge < -0.3 is 24.4 Å². The summed E-state index contributed by atoms with van der Waals surface area (Å²) in [7, 11) is 0. The van der Waals surface area contributed by atoms with E-state index in [1.54, 1.807) is 17.0 Å². The highest BCUT2D eigenvalue weighted by Gasteiger charge is 2.46. The number of carbonyl (C=O) groups excluding carboxylic acids is 2. The maximum Gasteiger partial charge on any atom is 0.295 e. The van der Waals surface area contributed by atoms with Crippen molar-refractivity contribution in [2.24, 2.45) is 5.92 Å². The molecule has 1 heterocycles. The van der Waals surface area contributed by atoms with E-state index in [2.05, 4.69) is 39.5 Å². The predicted octanol–water partition coefficient (Wildman–Crippen LogP) is 5.97. The molecule has 2 aromatic rings. The number of ketones is 1. The minimum Gasteiger partial charge on any atom is -0.507 e. The fourth-order valence-corrected chi connectivity index (χ4v) is 4.73. The number of amides is 1. The standard InChI is InChI=1S/C32H44N2O5/c1-7-10-19-38-25-13-11-24(12-14-25)29-28(31(36)32(37)34(29)18-17-33(8-2)9-3)30(35)27-16-15-26(20-23(27)6)39-21-22(4)5/h11-16,20,22,29,35H,7-10,17-19,21H2,1-6H3. The highest BCUT2D eigenvalue weighted by atomic mass is 16.5. The van der Waals surface area contributed by atoms with E-state index in [4.69, 9.17) is 9.47 Å². The van der Waals surface area contributed by atoms with Crippen LogP contribution in [-0.2, 0) is 9.59 Å². The topological polar surface area (TPSA) is 79.3 Å². The number of aliphatic hydroxyl groups is 1. The van der Waals surface area contributed by atoms with Crippen molar-refractivity contribution in [3.05, 3.63) is 64.7 Å². The molecule has 0 radical (unpaired) electrons. The number of hydrogen-bond donors (Lipinski definition) is 1. The first kappa shape index (κ1) is 30.2. The van der Waals surface area contributed by atoms with Crippen LogP contribution < -0.4 is 9.47 Å². The van der Waals surface area contributed by atoms with Crippen molar-refractivity contribution in [1.29, 1.82) is 0 Å². The van der Waals surface area contributed by atoms with Gasteiger partial charge in [0, 0.05) is 18.7 Å². The van der Waals surface area contributed by atoms with Crippen LogP contribution in [0.1, 0.15) is 70.2 Å². The Labute approximate surface area is 233 Å². The Morgan fingerprint density at radius 3 is 2.26 bits per heavy atom. The summed E-state index contributed by atoms with van der Waals surface area (Å²) in [6.07, 6.45) is 2.01. The Hall–Kier alpha value is -3.32. The third-order valence-corrected chi connectivity index (χ3v) is 7.09. The van der Waals surface area contributed by atoms with Gasteiger partial charge in [0.15, 0.2) is 0 Å². The first-order valence-electron chi connectivity index (χ1n) is 14.2. The maximum atomic E-state index is 13.4. The minimum atomic E-state index is -0.693. The molecular formula is C32H44N2O5. The maximum absolute atomic E-state index is 13.4. The Morgan fingerprint density at radius 2 is 1.67 bits per heavy atom. The summed E-state index contributed by atoms with van der Waals surface area (Å²) in [5.74, 6) is 0.396. The number of unbranched alkanes of at least 4 members (excludes halogenated alkanes) is 1. The molecule has 1 fully saturated rings. The average molecular weight is 537 g/mol. The third kappa shape index (κ3) is 7.41. The molecule has 3 rings (SSSR count). The smallest absolute Gasteiger partial charge is 0.295 e. The molecule has 2 aromatic carbocycles. The Bertz CT molecular complexity index is 1150. The SMILES string of the molecule is CCCCOc1ccc(C2C(=C(O)c3ccc(OCC(C)C)cc3C)C(=O)C(=O)N2CCN(CC)CC)cc1. The fourth-order valence-electron chi connectivity index (χ4n) is 4.73. The van der Waals surface area contributed by atoms with Gasteiger partial charge in [-0.1, -0.05) is 53.2 Å². The van der Waals surface area contributed by atoms with Gasteiger partial charge in [0.05, 0.1) is 24.8 Å². The van der Waals surface area contributed by atoms with E-state index in [0.717, 1.165) is 42.8 Å². The minimum absolute atomic E-state index is 0.109. The summed E-state index contributed by atoms with van der Waals surface area (Å²) in [4.78, 5) is 30.5. The van der Waals surface area contributed by atoms with Gasteiger partial charge in [0.25, 0.3) is 11.7 Å². The van der Waals surface area contributed by atoms with Crippen molar-refractivity contribution in [3.63, 3.8) is 0 Å². The Kier molecular flexibility index (Phi) is 11.0. The number of carbonyl (C=O) groups is 2. The molecule has 7 nitrogen and oxygen atoms in total. The summed E-state index contributed by atoms with van der Waals surface area (Å²) in [5, 5.41) is 11.5. The van der Waals surface area contributed by atoms with Gasteiger partial charge in [-0.25, -0.2) is 0 Å². The zero-order chi connectivity index (χ0) is 28.5. The van der Waals surface area contributed by atoms with Crippen LogP contribution in [0.2, 0.25) is 0 Å². The first-order chi connectivity index (χ1) is 18.7. The summed E-state index contributed by atoms with van der Waals surface area (Å²) < 4.78 is 11.7. The van der Waals surface area contributed by atoms with Crippen molar-refractivity contribution in [2.75, 3.05) is 39.4 Å². The lowest BCUT2D eigenvalue weighted by Crippen LogP contribution is -2.38. The second-order valence-electron chi connectivity index (χ2n) is 10.5. The molecule has 1 unspecified atom stereocenters. The van der Waals surface area contributed by atoms with Crippen LogP contribution in [0.5, 0.6) is 11.5 Å². The molecule has 0 saturated carbocycles. The van der Waals surface area contributed by atoms with Crippen LogP contribution in [-0.4, -0.2) is 66.0 Å². The van der Waals surface area contributed by atoms with Crippen molar-refractivity contribution in [1.82, 2.24) is 9.80 Å². The number of likely N-dealkylation sites (N-methyl/N-ethyl adjacent to an activating group) is 1. The molecule has 1 aliphatic heterocycles. The fraction of sp³-hybridized carbons (Fsp3) is 0.500. The number of hydrogen-bond acceptors (Lipinski definition) is 6. The summed E-state index contributed by atoms with van der Waals surface area (Å²) in [6.45, 7) is 16.2. The summed E-state index contributed by atoms with van der Waals surface area (Å²) in [5.41, 5.74) is 2.14. The van der Waals surface area contributed by atoms with Gasteiger partial charge in [0.2, 0.25) is 0 Å². The van der Waals surface area contributed by atoms with Crippen LogP contribution in [0.15, 0.2) is 48.0 Å². The Balaban J connectivity index is 2.02. The molecule has 0 aromatic heterocycles. The molecule has 1 amide bonds. The molecule has 1 aliphatic rings. The van der Waals surface area contributed by atoms with E-state index in [1.807, 2.05) is 37.3 Å². The molecule has 1 atom stereocenters. The quantitative estimate of drug-likeness (QED) is 0.139. The van der Waals surface area contributed by atoms with Crippen LogP contribution >= 0.6 is 0 Å². The van der Waals surface area contributed by atoms with E-state index in [-0.39, 0.29) is 11.3 Å². The number of benzene rings is 2. The lowest BCUT2D eigenvalue weighted by Gasteiger charge is -2.28. The Morgan fingerprint density at radius 1 is 1.00 bits per heavy atom. The van der Waals surface area contributed by atoms with Gasteiger partial charge in [-0.05, 0) is 73.8 Å². The zero-order valence-electron chi connectivity index (χ0n) is 24.3. The van der Waals surface area contributed by atoms with E-state index in [0.29, 0.717) is 43.5 Å². The number of nitrogens with zero attached hydrogens (tertiary/aromatic N) is 2. The molecular weight excluding hydrogens is 492 g/mol. The number of ether oxygens (including phenoxy) is 2. The normalized spacial score (nSPS) is 16.9. The number of aryl methyl sites for hydroxylation is 1. The highest BCUT2D eigenvalue weighted by Crippen LogP contribution is 2.40. The van der Waals surface area contributed by atoms with Crippen LogP contribution in [0, 0.1) is 12.8 Å². The number of rotatable bonds is 14. The second kappa shape index (κ2) is 14.2. The van der Waals surface area contributed by atoms with Gasteiger partial charge >= 0.3 is 0 Å². The van der Waals surface area contributed by atoms with Gasteiger partial charge in [-0.15, -0.1) is 0 Å². The van der Waals surface area contributed by atoms with Crippen molar-refractivity contribution < 1.29 is 24.2 Å². The molecule has 0 bridgehead atoms. The first-order valence-corrected chi connectivity index (χ1v) is 14.2. The predicted molar refractivity (Wildman–Crippen MR) is 155 cm³/mol. The van der Waals surface area contributed by atoms with Crippen molar-refractivity contribution >= 4 is 17.4 Å². The van der Waals surface area contributed by atoms with Crippen LogP contribution in [0.25, 0.3) is 5.76 Å². The molecule has 212 valence electrons. The molecule has 1 saturated heterocycles. The van der Waals surface area contributed by atoms with E-state index >= 15 is 0 Å². The lowest BCUT2D eigenvalue weighted by molar-refractivity contribution is -0.140. The van der Waals surface area contributed by atoms with E-state index < -0.39 is 17.7 Å². The second-order valence-corrected chi connectivity index (χ2v) is 10.5. The molecule has 7 heteroatoms. The van der Waals surface area contributed by atoms with Crippen LogP contribution in [0.4, 0.5) is 0 Å². The monoisotopic (exact) mass is 536 g/mol. The van der Waals surface area contributed by atoms with Gasteiger partial charge in [0.1, 0.15) is 17.3 Å². The number of likely N-dealkylation sites (tertiary alicyclic amines) is 1. The molecule has 1 N–H and O–H groups in total. The molecule has 0 spiro atoms. The van der Waals surface area contributed by atoms with Gasteiger partial charge in [-0.3, -0.25) is 9.59 Å². The zero-order valence-corrected chi connectivity index (χ0v) is 24.3. The van der Waals surface area contributed by atoms with Crippen LogP contribution in [0.3, 0.4) is 0 Å². The lowest BCUT2D eigenvalue weighted by atomic mass is 9.94. The van der Waals surface area contributed by atoms with E-state index in [9.17, 15) is 14.7 Å². The number of Topliss-reactive ketones (excluding diaryl/α,β-unsaturated/α-hetero) is 1. The highest BCUT2D eigenvalue weighted by molar-refractivity contribution is 6.46. The van der Waals surface area contributed by atoms with Gasteiger partial charge in [-0.2, -0.15) is 0 Å². The third-order valence-electron chi connectivity index (χ3n) is 7.09. The average Bonchev–Trinajstić information content (AvgIpc) is 3.17. The summed E-state index contributed by atoms with van der Waals surface area (Å²) in [6, 6.07) is 12.2. The van der Waals surface area contributed by atoms with Crippen molar-refractivity contribution in [3.8, 4) is 11.5 Å². The number of aliphatic hydroxyl groups excluding tert-OH is 1. The summed E-state index contributed by atoms with van der Waals surface area (Å²) >= 11 is 0. The molecule has 0 aliphatic carbocycles. The molecule has 39 heavy (non-hydrogen) atoms. The van der Waals surface area contributed by atoms with Crippen molar-refractivity contribution in [2.45, 2.75) is 60.4 Å².